The Labute approximate surface area is 117 Å². The maximum Gasteiger partial charge on any atom is 0.0881 e. The van der Waals surface area contributed by atoms with Crippen LogP contribution in [0.15, 0.2) is 60.9 Å². The van der Waals surface area contributed by atoms with Crippen LogP contribution in [0.1, 0.15) is 18.0 Å². The lowest BCUT2D eigenvalue weighted by Crippen LogP contribution is -2.10. The number of aromatic nitrogens is 2. The summed E-state index contributed by atoms with van der Waals surface area (Å²) in [6.07, 6.45) is 4.83. The van der Waals surface area contributed by atoms with Gasteiger partial charge in [-0.15, -0.1) is 11.6 Å². The van der Waals surface area contributed by atoms with Crippen LogP contribution in [0.3, 0.4) is 0 Å². The SMILES string of the molecule is ClCC[C@@H](c1ccccc1)n1ccc2ncccc21. The van der Waals surface area contributed by atoms with Crippen molar-refractivity contribution in [2.75, 3.05) is 5.88 Å². The van der Waals surface area contributed by atoms with E-state index in [9.17, 15) is 0 Å². The second-order valence-electron chi connectivity index (χ2n) is 4.53. The molecule has 0 saturated carbocycles. The highest BCUT2D eigenvalue weighted by molar-refractivity contribution is 6.17. The summed E-state index contributed by atoms with van der Waals surface area (Å²) in [6.45, 7) is 0. The van der Waals surface area contributed by atoms with E-state index in [-0.39, 0.29) is 6.04 Å². The molecule has 0 aliphatic carbocycles. The number of pyridine rings is 1. The van der Waals surface area contributed by atoms with Gasteiger partial charge >= 0.3 is 0 Å². The van der Waals surface area contributed by atoms with Gasteiger partial charge in [-0.25, -0.2) is 0 Å². The van der Waals surface area contributed by atoms with Crippen LogP contribution in [0.4, 0.5) is 0 Å². The quantitative estimate of drug-likeness (QED) is 0.648. The Hall–Kier alpha value is -1.80. The molecule has 0 radical (unpaired) electrons. The molecular formula is C16H15ClN2. The van der Waals surface area contributed by atoms with Crippen molar-refractivity contribution in [2.24, 2.45) is 0 Å². The number of hydrogen-bond donors (Lipinski definition) is 0. The number of rotatable bonds is 4. The van der Waals surface area contributed by atoms with E-state index in [1.165, 1.54) is 5.56 Å². The van der Waals surface area contributed by atoms with Gasteiger partial charge in [0, 0.05) is 18.3 Å². The zero-order valence-electron chi connectivity index (χ0n) is 10.5. The highest BCUT2D eigenvalue weighted by atomic mass is 35.5. The van der Waals surface area contributed by atoms with Crippen LogP contribution in [0.5, 0.6) is 0 Å². The molecule has 2 heterocycles. The molecule has 1 atom stereocenters. The second kappa shape index (κ2) is 5.45. The lowest BCUT2D eigenvalue weighted by molar-refractivity contribution is 0.588. The fourth-order valence-electron chi connectivity index (χ4n) is 2.50. The van der Waals surface area contributed by atoms with Gasteiger partial charge in [-0.2, -0.15) is 0 Å². The standard InChI is InChI=1S/C16H15ClN2/c17-10-8-15(13-5-2-1-3-6-13)19-12-9-14-16(19)7-4-11-18-14/h1-7,9,11-12,15H,8,10H2/t15-/m0/s1. The van der Waals surface area contributed by atoms with Crippen molar-refractivity contribution in [1.82, 2.24) is 9.55 Å². The first-order chi connectivity index (χ1) is 9.40. The van der Waals surface area contributed by atoms with Crippen molar-refractivity contribution in [3.63, 3.8) is 0 Å². The van der Waals surface area contributed by atoms with E-state index in [2.05, 4.69) is 52.1 Å². The number of hydrogen-bond acceptors (Lipinski definition) is 1. The van der Waals surface area contributed by atoms with E-state index in [0.29, 0.717) is 5.88 Å². The van der Waals surface area contributed by atoms with Crippen LogP contribution in [-0.4, -0.2) is 15.4 Å². The minimum absolute atomic E-state index is 0.264. The molecule has 0 amide bonds. The summed E-state index contributed by atoms with van der Waals surface area (Å²) in [6, 6.07) is 16.9. The Kier molecular flexibility index (Phi) is 3.51. The summed E-state index contributed by atoms with van der Waals surface area (Å²) in [5.41, 5.74) is 3.46. The largest absolute Gasteiger partial charge is 0.339 e. The first-order valence-corrected chi connectivity index (χ1v) is 6.96. The molecule has 19 heavy (non-hydrogen) atoms. The summed E-state index contributed by atoms with van der Waals surface area (Å²) < 4.78 is 2.26. The average Bonchev–Trinajstić information content (AvgIpc) is 2.89. The maximum atomic E-state index is 5.99. The molecule has 3 heteroatoms. The third kappa shape index (κ3) is 2.36. The van der Waals surface area contributed by atoms with E-state index in [4.69, 9.17) is 11.6 Å². The number of nitrogens with zero attached hydrogens (tertiary/aromatic N) is 2. The van der Waals surface area contributed by atoms with Gasteiger partial charge in [-0.3, -0.25) is 4.98 Å². The number of halogens is 1. The van der Waals surface area contributed by atoms with Crippen LogP contribution in [0.2, 0.25) is 0 Å². The Morgan fingerprint density at radius 1 is 1.05 bits per heavy atom. The van der Waals surface area contributed by atoms with Crippen molar-refractivity contribution in [3.05, 3.63) is 66.5 Å². The predicted molar refractivity (Wildman–Crippen MR) is 79.7 cm³/mol. The lowest BCUT2D eigenvalue weighted by atomic mass is 10.0. The van der Waals surface area contributed by atoms with Gasteiger partial charge < -0.3 is 4.57 Å². The minimum Gasteiger partial charge on any atom is -0.339 e. The van der Waals surface area contributed by atoms with Gasteiger partial charge in [0.05, 0.1) is 17.1 Å². The Morgan fingerprint density at radius 2 is 1.89 bits per heavy atom. The zero-order valence-corrected chi connectivity index (χ0v) is 11.3. The van der Waals surface area contributed by atoms with Gasteiger partial charge in [-0.1, -0.05) is 30.3 Å². The van der Waals surface area contributed by atoms with Crippen LogP contribution >= 0.6 is 11.6 Å². The smallest absolute Gasteiger partial charge is 0.0881 e. The van der Waals surface area contributed by atoms with Crippen LogP contribution < -0.4 is 0 Å². The maximum absolute atomic E-state index is 5.99. The molecule has 0 fully saturated rings. The molecule has 0 aliphatic heterocycles. The van der Waals surface area contributed by atoms with E-state index in [1.807, 2.05) is 18.3 Å². The van der Waals surface area contributed by atoms with Gasteiger partial charge in [0.1, 0.15) is 0 Å². The van der Waals surface area contributed by atoms with E-state index in [0.717, 1.165) is 17.5 Å². The van der Waals surface area contributed by atoms with Gasteiger partial charge in [0.2, 0.25) is 0 Å². The molecule has 1 aromatic carbocycles. The second-order valence-corrected chi connectivity index (χ2v) is 4.91. The normalized spacial score (nSPS) is 12.7. The van der Waals surface area contributed by atoms with Gasteiger partial charge in [-0.05, 0) is 30.2 Å². The predicted octanol–water partition coefficient (Wildman–Crippen LogP) is 4.25. The fourth-order valence-corrected chi connectivity index (χ4v) is 2.71. The highest BCUT2D eigenvalue weighted by Crippen LogP contribution is 2.27. The Morgan fingerprint density at radius 3 is 2.68 bits per heavy atom. The zero-order chi connectivity index (χ0) is 13.1. The summed E-state index contributed by atoms with van der Waals surface area (Å²) in [4.78, 5) is 4.38. The van der Waals surface area contributed by atoms with Crippen LogP contribution in [-0.2, 0) is 0 Å². The number of fused-ring (bicyclic) bond motifs is 1. The third-order valence-electron chi connectivity index (χ3n) is 3.39. The molecule has 3 rings (SSSR count). The lowest BCUT2D eigenvalue weighted by Gasteiger charge is -2.19. The minimum atomic E-state index is 0.264. The van der Waals surface area contributed by atoms with Crippen molar-refractivity contribution in [2.45, 2.75) is 12.5 Å². The van der Waals surface area contributed by atoms with Crippen molar-refractivity contribution in [3.8, 4) is 0 Å². The Bertz CT molecular complexity index is 661. The number of benzene rings is 1. The fraction of sp³-hybridized carbons (Fsp3) is 0.188. The third-order valence-corrected chi connectivity index (χ3v) is 3.61. The Balaban J connectivity index is 2.10. The topological polar surface area (TPSA) is 17.8 Å². The van der Waals surface area contributed by atoms with Crippen LogP contribution in [0, 0.1) is 0 Å². The average molecular weight is 271 g/mol. The molecule has 0 bridgehead atoms. The molecule has 96 valence electrons. The highest BCUT2D eigenvalue weighted by Gasteiger charge is 2.14. The van der Waals surface area contributed by atoms with E-state index >= 15 is 0 Å². The summed E-state index contributed by atoms with van der Waals surface area (Å²) in [5, 5.41) is 0. The first-order valence-electron chi connectivity index (χ1n) is 6.42. The van der Waals surface area contributed by atoms with Crippen molar-refractivity contribution in [1.29, 1.82) is 0 Å². The van der Waals surface area contributed by atoms with Gasteiger partial charge in [0.25, 0.3) is 0 Å². The van der Waals surface area contributed by atoms with E-state index < -0.39 is 0 Å². The molecule has 3 aromatic rings. The van der Waals surface area contributed by atoms with Gasteiger partial charge in [0.15, 0.2) is 0 Å². The molecule has 0 N–H and O–H groups in total. The number of alkyl halides is 1. The van der Waals surface area contributed by atoms with Crippen molar-refractivity contribution >= 4 is 22.6 Å². The van der Waals surface area contributed by atoms with Crippen molar-refractivity contribution < 1.29 is 0 Å². The molecule has 2 nitrogen and oxygen atoms in total. The first kappa shape index (κ1) is 12.2. The molecular weight excluding hydrogens is 256 g/mol. The molecule has 0 unspecified atom stereocenters. The summed E-state index contributed by atoms with van der Waals surface area (Å²) in [7, 11) is 0. The monoisotopic (exact) mass is 270 g/mol. The molecule has 2 aromatic heterocycles. The molecule has 0 spiro atoms. The molecule has 0 aliphatic rings. The van der Waals surface area contributed by atoms with E-state index in [1.54, 1.807) is 0 Å². The van der Waals surface area contributed by atoms with Crippen LogP contribution in [0.25, 0.3) is 11.0 Å². The molecule has 0 saturated heterocycles. The summed E-state index contributed by atoms with van der Waals surface area (Å²) in [5.74, 6) is 0.638. The summed E-state index contributed by atoms with van der Waals surface area (Å²) >= 11 is 5.99.